The van der Waals surface area contributed by atoms with Crippen LogP contribution in [0.3, 0.4) is 0 Å². The molecule has 1 atom stereocenters. The lowest BCUT2D eigenvalue weighted by Gasteiger charge is -2.32. The zero-order valence-electron chi connectivity index (χ0n) is 13.4. The van der Waals surface area contributed by atoms with Gasteiger partial charge in [-0.3, -0.25) is 4.79 Å². The molecule has 1 aromatic heterocycles. The number of amides is 1. The minimum absolute atomic E-state index is 0.173. The van der Waals surface area contributed by atoms with E-state index in [4.69, 9.17) is 11.6 Å². The highest BCUT2D eigenvalue weighted by molar-refractivity contribution is 6.30. The normalized spacial score (nSPS) is 18.2. The molecule has 0 saturated carbocycles. The molecule has 2 heterocycles. The molecule has 5 heteroatoms. The molecular weight excluding hydrogens is 310 g/mol. The highest BCUT2D eigenvalue weighted by Gasteiger charge is 2.27. The summed E-state index contributed by atoms with van der Waals surface area (Å²) in [5, 5.41) is 0.678. The number of nitrogens with zero attached hydrogens (tertiary/aromatic N) is 3. The number of aromatic nitrogens is 2. The van der Waals surface area contributed by atoms with Gasteiger partial charge < -0.3 is 9.47 Å². The molecule has 0 bridgehead atoms. The van der Waals surface area contributed by atoms with Gasteiger partial charge in [-0.1, -0.05) is 23.7 Å². The van der Waals surface area contributed by atoms with Crippen molar-refractivity contribution in [2.45, 2.75) is 38.6 Å². The molecule has 0 aliphatic carbocycles. The van der Waals surface area contributed by atoms with Crippen LogP contribution in [0.1, 0.15) is 37.1 Å². The zero-order valence-corrected chi connectivity index (χ0v) is 14.2. The molecule has 1 fully saturated rings. The quantitative estimate of drug-likeness (QED) is 0.860. The first-order valence-corrected chi connectivity index (χ1v) is 8.58. The number of halogens is 1. The number of rotatable bonds is 4. The van der Waals surface area contributed by atoms with Crippen LogP contribution in [-0.4, -0.2) is 33.4 Å². The topological polar surface area (TPSA) is 38.1 Å². The molecule has 122 valence electrons. The summed E-state index contributed by atoms with van der Waals surface area (Å²) < 4.78 is 2.18. The molecule has 3 rings (SSSR count). The number of aryl methyl sites for hydroxylation is 1. The molecule has 2 aromatic rings. The van der Waals surface area contributed by atoms with E-state index in [9.17, 15) is 4.79 Å². The molecule has 23 heavy (non-hydrogen) atoms. The third-order valence-electron chi connectivity index (χ3n) is 4.47. The van der Waals surface area contributed by atoms with Gasteiger partial charge in [0.25, 0.3) is 0 Å². The summed E-state index contributed by atoms with van der Waals surface area (Å²) in [6.07, 6.45) is 6.41. The van der Waals surface area contributed by atoms with Crippen LogP contribution in [-0.2, 0) is 17.8 Å². The highest BCUT2D eigenvalue weighted by Crippen LogP contribution is 2.26. The SMILES string of the molecule is CCn1ccnc1C1CCCN(C(=O)Cc2cccc(Cl)c2)C1. The van der Waals surface area contributed by atoms with Crippen molar-refractivity contribution in [2.24, 2.45) is 0 Å². The van der Waals surface area contributed by atoms with Crippen molar-refractivity contribution >= 4 is 17.5 Å². The van der Waals surface area contributed by atoms with E-state index in [1.54, 1.807) is 0 Å². The Bertz CT molecular complexity index is 682. The van der Waals surface area contributed by atoms with Gasteiger partial charge >= 0.3 is 0 Å². The number of hydrogen-bond donors (Lipinski definition) is 0. The Morgan fingerprint density at radius 1 is 1.43 bits per heavy atom. The standard InChI is InChI=1S/C18H22ClN3O/c1-2-21-10-8-20-18(21)15-6-4-9-22(13-15)17(23)12-14-5-3-7-16(19)11-14/h3,5,7-8,10-11,15H,2,4,6,9,12-13H2,1H3. The van der Waals surface area contributed by atoms with Crippen LogP contribution in [0.4, 0.5) is 0 Å². The summed E-state index contributed by atoms with van der Waals surface area (Å²) >= 11 is 6.00. The minimum Gasteiger partial charge on any atom is -0.342 e. The molecule has 1 aliphatic rings. The van der Waals surface area contributed by atoms with E-state index >= 15 is 0 Å². The van der Waals surface area contributed by atoms with E-state index in [1.165, 1.54) is 0 Å². The summed E-state index contributed by atoms with van der Waals surface area (Å²) in [6, 6.07) is 7.54. The number of carbonyl (C=O) groups is 1. The molecule has 1 aliphatic heterocycles. The van der Waals surface area contributed by atoms with Crippen molar-refractivity contribution in [1.29, 1.82) is 0 Å². The Morgan fingerprint density at radius 3 is 3.09 bits per heavy atom. The number of piperidine rings is 1. The lowest BCUT2D eigenvalue weighted by atomic mass is 9.96. The first-order chi connectivity index (χ1) is 11.2. The van der Waals surface area contributed by atoms with Gasteiger partial charge in [-0.25, -0.2) is 4.98 Å². The van der Waals surface area contributed by atoms with Gasteiger partial charge in [0, 0.05) is 43.0 Å². The van der Waals surface area contributed by atoms with E-state index in [2.05, 4.69) is 16.5 Å². The third-order valence-corrected chi connectivity index (χ3v) is 4.71. The molecule has 1 saturated heterocycles. The molecule has 0 N–H and O–H groups in total. The number of hydrogen-bond acceptors (Lipinski definition) is 2. The maximum atomic E-state index is 12.6. The third kappa shape index (κ3) is 3.75. The molecule has 1 unspecified atom stereocenters. The molecule has 0 spiro atoms. The number of benzene rings is 1. The Kier molecular flexibility index (Phi) is 5.01. The predicted molar refractivity (Wildman–Crippen MR) is 91.6 cm³/mol. The fourth-order valence-corrected chi connectivity index (χ4v) is 3.51. The van der Waals surface area contributed by atoms with Crippen LogP contribution in [0.25, 0.3) is 0 Å². The van der Waals surface area contributed by atoms with Gasteiger partial charge in [0.1, 0.15) is 5.82 Å². The molecule has 1 aromatic carbocycles. The van der Waals surface area contributed by atoms with E-state index in [1.807, 2.05) is 41.6 Å². The van der Waals surface area contributed by atoms with Gasteiger partial charge in [-0.05, 0) is 37.5 Å². The van der Waals surface area contributed by atoms with E-state index < -0.39 is 0 Å². The smallest absolute Gasteiger partial charge is 0.227 e. The maximum absolute atomic E-state index is 12.6. The second kappa shape index (κ2) is 7.18. The fraction of sp³-hybridized carbons (Fsp3) is 0.444. The van der Waals surface area contributed by atoms with Crippen LogP contribution in [0.2, 0.25) is 5.02 Å². The van der Waals surface area contributed by atoms with Crippen LogP contribution in [0, 0.1) is 0 Å². The van der Waals surface area contributed by atoms with Crippen LogP contribution in [0.5, 0.6) is 0 Å². The lowest BCUT2D eigenvalue weighted by molar-refractivity contribution is -0.131. The van der Waals surface area contributed by atoms with Crippen LogP contribution >= 0.6 is 11.6 Å². The first-order valence-electron chi connectivity index (χ1n) is 8.20. The Morgan fingerprint density at radius 2 is 2.30 bits per heavy atom. The average molecular weight is 332 g/mol. The number of likely N-dealkylation sites (tertiary alicyclic amines) is 1. The van der Waals surface area contributed by atoms with E-state index in [0.717, 1.165) is 43.9 Å². The summed E-state index contributed by atoms with van der Waals surface area (Å²) in [4.78, 5) is 19.1. The van der Waals surface area contributed by atoms with Crippen molar-refractivity contribution in [3.05, 3.63) is 53.1 Å². The van der Waals surface area contributed by atoms with Crippen molar-refractivity contribution in [2.75, 3.05) is 13.1 Å². The van der Waals surface area contributed by atoms with Gasteiger partial charge in [-0.2, -0.15) is 0 Å². The summed E-state index contributed by atoms with van der Waals surface area (Å²) in [5.74, 6) is 1.61. The average Bonchev–Trinajstić information content (AvgIpc) is 3.03. The van der Waals surface area contributed by atoms with E-state index in [0.29, 0.717) is 17.4 Å². The lowest BCUT2D eigenvalue weighted by Crippen LogP contribution is -2.40. The summed E-state index contributed by atoms with van der Waals surface area (Å²) in [7, 11) is 0. The second-order valence-electron chi connectivity index (χ2n) is 6.06. The van der Waals surface area contributed by atoms with E-state index in [-0.39, 0.29) is 5.91 Å². The van der Waals surface area contributed by atoms with Crippen molar-refractivity contribution < 1.29 is 4.79 Å². The fourth-order valence-electron chi connectivity index (χ4n) is 3.30. The molecule has 1 amide bonds. The van der Waals surface area contributed by atoms with Crippen molar-refractivity contribution in [1.82, 2.24) is 14.5 Å². The van der Waals surface area contributed by atoms with Crippen LogP contribution in [0.15, 0.2) is 36.7 Å². The summed E-state index contributed by atoms with van der Waals surface area (Å²) in [5.41, 5.74) is 0.972. The second-order valence-corrected chi connectivity index (χ2v) is 6.49. The van der Waals surface area contributed by atoms with Gasteiger partial charge in [0.2, 0.25) is 5.91 Å². The number of carbonyl (C=O) groups excluding carboxylic acids is 1. The Balaban J connectivity index is 1.67. The number of imidazole rings is 1. The largest absolute Gasteiger partial charge is 0.342 e. The van der Waals surface area contributed by atoms with Crippen molar-refractivity contribution in [3.63, 3.8) is 0 Å². The van der Waals surface area contributed by atoms with Gasteiger partial charge in [-0.15, -0.1) is 0 Å². The maximum Gasteiger partial charge on any atom is 0.227 e. The minimum atomic E-state index is 0.173. The predicted octanol–water partition coefficient (Wildman–Crippen LogP) is 3.51. The summed E-state index contributed by atoms with van der Waals surface area (Å²) in [6.45, 7) is 4.64. The van der Waals surface area contributed by atoms with Gasteiger partial charge in [0.15, 0.2) is 0 Å². The van der Waals surface area contributed by atoms with Gasteiger partial charge in [0.05, 0.1) is 6.42 Å². The van der Waals surface area contributed by atoms with Crippen molar-refractivity contribution in [3.8, 4) is 0 Å². The molecular formula is C18H22ClN3O. The Labute approximate surface area is 142 Å². The zero-order chi connectivity index (χ0) is 16.2. The Hall–Kier alpha value is -1.81. The monoisotopic (exact) mass is 331 g/mol. The van der Waals surface area contributed by atoms with Crippen LogP contribution < -0.4 is 0 Å². The molecule has 0 radical (unpaired) electrons. The first kappa shape index (κ1) is 16.1. The highest BCUT2D eigenvalue weighted by atomic mass is 35.5. The molecule has 4 nitrogen and oxygen atoms in total.